The highest BCUT2D eigenvalue weighted by Gasteiger charge is 2.17. The number of nitrogens with zero attached hydrogens (tertiary/aromatic N) is 3. The van der Waals surface area contributed by atoms with Crippen LogP contribution < -0.4 is 5.32 Å². The number of amides is 1. The lowest BCUT2D eigenvalue weighted by Crippen LogP contribution is -2.15. The molecule has 5 nitrogen and oxygen atoms in total. The van der Waals surface area contributed by atoms with Crippen LogP contribution in [0, 0.1) is 23.2 Å². The molecule has 0 aliphatic carbocycles. The van der Waals surface area contributed by atoms with E-state index in [2.05, 4.69) is 27.1 Å². The van der Waals surface area contributed by atoms with Crippen molar-refractivity contribution in [1.29, 1.82) is 5.26 Å². The summed E-state index contributed by atoms with van der Waals surface area (Å²) in [6.45, 7) is 0. The third kappa shape index (κ3) is 3.80. The molecule has 3 aromatic rings. The summed E-state index contributed by atoms with van der Waals surface area (Å²) in [6.07, 6.45) is 1.66. The van der Waals surface area contributed by atoms with Gasteiger partial charge in [0, 0.05) is 22.9 Å². The monoisotopic (exact) mass is 362 g/mol. The van der Waals surface area contributed by atoms with Gasteiger partial charge in [-0.05, 0) is 42.5 Å². The summed E-state index contributed by atoms with van der Waals surface area (Å²) in [7, 11) is 0. The maximum Gasteiger partial charge on any atom is 0.230 e. The maximum atomic E-state index is 12.4. The molecule has 132 valence electrons. The van der Waals surface area contributed by atoms with Gasteiger partial charge in [0.1, 0.15) is 11.8 Å². The van der Waals surface area contributed by atoms with Crippen LogP contribution in [0.5, 0.6) is 0 Å². The Hall–Kier alpha value is -4.22. The number of rotatable bonds is 1. The van der Waals surface area contributed by atoms with E-state index in [1.54, 1.807) is 18.3 Å². The molecule has 0 unspecified atom stereocenters. The Balaban J connectivity index is 1.70. The number of hydrogen-bond acceptors (Lipinski definition) is 4. The predicted molar refractivity (Wildman–Crippen MR) is 107 cm³/mol. The van der Waals surface area contributed by atoms with Gasteiger partial charge < -0.3 is 5.32 Å². The van der Waals surface area contributed by atoms with Gasteiger partial charge in [-0.25, -0.2) is 4.98 Å². The third-order valence-corrected chi connectivity index (χ3v) is 4.19. The molecule has 1 aromatic heterocycles. The highest BCUT2D eigenvalue weighted by atomic mass is 16.1. The average molecular weight is 362 g/mol. The minimum absolute atomic E-state index is 0.120. The zero-order valence-corrected chi connectivity index (χ0v) is 14.8. The van der Waals surface area contributed by atoms with E-state index in [1.165, 1.54) is 0 Å². The van der Waals surface area contributed by atoms with E-state index >= 15 is 0 Å². The largest absolute Gasteiger partial charge is 0.324 e. The molecule has 4 rings (SSSR count). The number of aliphatic imine (C=N–C) groups is 1. The van der Waals surface area contributed by atoms with Crippen molar-refractivity contribution < 1.29 is 4.79 Å². The fraction of sp³-hybridized carbons (Fsp3) is 0.0435. The van der Waals surface area contributed by atoms with E-state index < -0.39 is 0 Å². The summed E-state index contributed by atoms with van der Waals surface area (Å²) in [5.74, 6) is 6.05. The van der Waals surface area contributed by atoms with Crippen molar-refractivity contribution in [2.75, 3.05) is 5.32 Å². The number of aromatic nitrogens is 1. The van der Waals surface area contributed by atoms with Crippen molar-refractivity contribution >= 4 is 23.0 Å². The van der Waals surface area contributed by atoms with E-state index in [1.807, 2.05) is 54.6 Å². The number of pyridine rings is 1. The number of nitrogens with one attached hydrogen (secondary N) is 1. The highest BCUT2D eigenvalue weighted by molar-refractivity contribution is 6.17. The Morgan fingerprint density at radius 3 is 2.61 bits per heavy atom. The molecule has 2 aromatic carbocycles. The normalized spacial score (nSPS) is 12.4. The van der Waals surface area contributed by atoms with Crippen LogP contribution in [0.1, 0.15) is 28.8 Å². The predicted octanol–water partition coefficient (Wildman–Crippen LogP) is 3.82. The Morgan fingerprint density at radius 2 is 1.79 bits per heavy atom. The molecule has 0 saturated carbocycles. The van der Waals surface area contributed by atoms with Gasteiger partial charge in [0.05, 0.1) is 23.5 Å². The van der Waals surface area contributed by atoms with Gasteiger partial charge in [0.15, 0.2) is 0 Å². The summed E-state index contributed by atoms with van der Waals surface area (Å²) in [6, 6.07) is 20.6. The van der Waals surface area contributed by atoms with Gasteiger partial charge in [-0.2, -0.15) is 5.26 Å². The maximum absolute atomic E-state index is 12.4. The first-order valence-electron chi connectivity index (χ1n) is 8.66. The molecule has 2 heterocycles. The molecule has 0 spiro atoms. The number of hydrogen-bond donors (Lipinski definition) is 1. The molecular formula is C23H14N4O. The van der Waals surface area contributed by atoms with Gasteiger partial charge in [0.25, 0.3) is 0 Å². The number of carbonyl (C=O) groups excluding carboxylic acids is 1. The summed E-state index contributed by atoms with van der Waals surface area (Å²) in [5.41, 5.74) is 4.58. The van der Waals surface area contributed by atoms with Gasteiger partial charge in [-0.3, -0.25) is 9.79 Å². The number of anilines is 1. The van der Waals surface area contributed by atoms with Crippen LogP contribution in [-0.2, 0) is 4.79 Å². The first-order valence-corrected chi connectivity index (χ1v) is 8.66. The molecular weight excluding hydrogens is 348 g/mol. The highest BCUT2D eigenvalue weighted by Crippen LogP contribution is 2.30. The van der Waals surface area contributed by atoms with Crippen LogP contribution in [-0.4, -0.2) is 16.6 Å². The molecule has 0 bridgehead atoms. The van der Waals surface area contributed by atoms with Gasteiger partial charge >= 0.3 is 0 Å². The van der Waals surface area contributed by atoms with Crippen LogP contribution in [0.4, 0.5) is 11.4 Å². The Morgan fingerprint density at radius 1 is 0.964 bits per heavy atom. The number of benzene rings is 2. The summed E-state index contributed by atoms with van der Waals surface area (Å²) >= 11 is 0. The second kappa shape index (κ2) is 7.57. The van der Waals surface area contributed by atoms with E-state index in [9.17, 15) is 4.79 Å². The van der Waals surface area contributed by atoms with E-state index in [-0.39, 0.29) is 18.0 Å². The first kappa shape index (κ1) is 17.2. The zero-order valence-electron chi connectivity index (χ0n) is 14.8. The Labute approximate surface area is 162 Å². The van der Waals surface area contributed by atoms with E-state index in [4.69, 9.17) is 5.26 Å². The van der Waals surface area contributed by atoms with Crippen LogP contribution in [0.25, 0.3) is 0 Å². The number of fused-ring (bicyclic) bond motifs is 1. The lowest BCUT2D eigenvalue weighted by molar-refractivity contribution is -0.115. The first-order chi connectivity index (χ1) is 13.7. The van der Waals surface area contributed by atoms with Crippen molar-refractivity contribution in [3.05, 3.63) is 89.2 Å². The van der Waals surface area contributed by atoms with Gasteiger partial charge in [-0.15, -0.1) is 0 Å². The molecule has 1 aliphatic heterocycles. The molecule has 1 aliphatic rings. The standard InChI is InChI=1S/C23H14N4O/c24-15-19-13-18(10-11-25-19)21-14-23(28)27-22-12-17(8-9-20(22)26-21)7-6-16-4-2-1-3-5-16/h1-5,8-13H,14H2,(H,27,28). The van der Waals surface area contributed by atoms with Gasteiger partial charge in [0.2, 0.25) is 5.91 Å². The summed E-state index contributed by atoms with van der Waals surface area (Å²) < 4.78 is 0. The van der Waals surface area contributed by atoms with Crippen molar-refractivity contribution in [3.8, 4) is 17.9 Å². The van der Waals surface area contributed by atoms with Crippen molar-refractivity contribution in [3.63, 3.8) is 0 Å². The molecule has 5 heteroatoms. The van der Waals surface area contributed by atoms with E-state index in [0.717, 1.165) is 11.1 Å². The summed E-state index contributed by atoms with van der Waals surface area (Å²) in [4.78, 5) is 21.0. The number of nitriles is 1. The molecule has 0 radical (unpaired) electrons. The van der Waals surface area contributed by atoms with Crippen LogP contribution in [0.3, 0.4) is 0 Å². The van der Waals surface area contributed by atoms with E-state index in [0.29, 0.717) is 22.6 Å². The fourth-order valence-corrected chi connectivity index (χ4v) is 2.85. The smallest absolute Gasteiger partial charge is 0.230 e. The minimum atomic E-state index is -0.166. The Bertz CT molecular complexity index is 1190. The molecule has 0 fully saturated rings. The number of carbonyl (C=O) groups is 1. The zero-order chi connectivity index (χ0) is 19.3. The fourth-order valence-electron chi connectivity index (χ4n) is 2.85. The Kier molecular flexibility index (Phi) is 4.65. The quantitative estimate of drug-likeness (QED) is 0.669. The molecule has 0 saturated heterocycles. The van der Waals surface area contributed by atoms with Crippen molar-refractivity contribution in [1.82, 2.24) is 4.98 Å². The average Bonchev–Trinajstić information content (AvgIpc) is 2.90. The van der Waals surface area contributed by atoms with Crippen LogP contribution >= 0.6 is 0 Å². The second-order valence-electron chi connectivity index (χ2n) is 6.17. The molecule has 28 heavy (non-hydrogen) atoms. The third-order valence-electron chi connectivity index (χ3n) is 4.19. The minimum Gasteiger partial charge on any atom is -0.324 e. The topological polar surface area (TPSA) is 78.1 Å². The molecule has 1 amide bonds. The van der Waals surface area contributed by atoms with Crippen LogP contribution in [0.2, 0.25) is 0 Å². The lowest BCUT2D eigenvalue weighted by Gasteiger charge is -2.04. The van der Waals surface area contributed by atoms with Crippen LogP contribution in [0.15, 0.2) is 71.9 Å². The second-order valence-corrected chi connectivity index (χ2v) is 6.17. The summed E-state index contributed by atoms with van der Waals surface area (Å²) in [5, 5.41) is 11.9. The SMILES string of the molecule is N#Cc1cc(C2=Nc3ccc(C#Cc4ccccc4)cc3NC(=O)C2)ccn1. The van der Waals surface area contributed by atoms with Crippen molar-refractivity contribution in [2.45, 2.75) is 6.42 Å². The molecule has 0 atom stereocenters. The van der Waals surface area contributed by atoms with Gasteiger partial charge in [-0.1, -0.05) is 30.0 Å². The molecule has 1 N–H and O–H groups in total. The lowest BCUT2D eigenvalue weighted by atomic mass is 10.1. The van der Waals surface area contributed by atoms with Crippen molar-refractivity contribution in [2.24, 2.45) is 4.99 Å².